The first kappa shape index (κ1) is 14.9. The summed E-state index contributed by atoms with van der Waals surface area (Å²) in [6.45, 7) is 10.2. The Morgan fingerprint density at radius 3 is 2.12 bits per heavy atom. The first-order chi connectivity index (χ1) is 8.03. The fourth-order valence-corrected chi connectivity index (χ4v) is 2.84. The molecule has 0 aromatic carbocycles. The van der Waals surface area contributed by atoms with Crippen LogP contribution in [0.1, 0.15) is 46.5 Å². The number of hydrogen-bond acceptors (Lipinski definition) is 3. The van der Waals surface area contributed by atoms with E-state index < -0.39 is 0 Å². The number of likely N-dealkylation sites (tertiary alicyclic amines) is 1. The average Bonchev–Trinajstić information content (AvgIpc) is 2.40. The zero-order chi connectivity index (χ0) is 12.9. The predicted octanol–water partition coefficient (Wildman–Crippen LogP) is 1.86. The van der Waals surface area contributed by atoms with Gasteiger partial charge in [-0.2, -0.15) is 0 Å². The van der Waals surface area contributed by atoms with Gasteiger partial charge in [-0.15, -0.1) is 0 Å². The molecular weight excluding hydrogens is 212 g/mol. The van der Waals surface area contributed by atoms with E-state index in [-0.39, 0.29) is 12.1 Å². The maximum Gasteiger partial charge on any atom is 0.0623 e. The van der Waals surface area contributed by atoms with Gasteiger partial charge in [0.15, 0.2) is 0 Å². The number of nitrogens with zero attached hydrogens (tertiary/aromatic N) is 1. The molecule has 2 N–H and O–H groups in total. The van der Waals surface area contributed by atoms with Crippen LogP contribution in [0.4, 0.5) is 0 Å². The minimum Gasteiger partial charge on any atom is -0.394 e. The fraction of sp³-hybridized carbons (Fsp3) is 1.00. The summed E-state index contributed by atoms with van der Waals surface area (Å²) in [4.78, 5) is 2.50. The molecule has 3 heteroatoms. The summed E-state index contributed by atoms with van der Waals surface area (Å²) in [5.41, 5.74) is 0.435. The lowest BCUT2D eigenvalue weighted by molar-refractivity contribution is 0.0606. The normalized spacial score (nSPS) is 24.5. The summed E-state index contributed by atoms with van der Waals surface area (Å²) in [6, 6.07) is 0. The molecule has 0 saturated carbocycles. The summed E-state index contributed by atoms with van der Waals surface area (Å²) >= 11 is 0. The average molecular weight is 242 g/mol. The Labute approximate surface area is 107 Å². The van der Waals surface area contributed by atoms with Gasteiger partial charge in [0.2, 0.25) is 0 Å². The predicted molar refractivity (Wildman–Crippen MR) is 73.2 cm³/mol. The molecule has 1 fully saturated rings. The Morgan fingerprint density at radius 1 is 1.24 bits per heavy atom. The van der Waals surface area contributed by atoms with E-state index in [9.17, 15) is 5.11 Å². The highest BCUT2D eigenvalue weighted by atomic mass is 16.3. The highest BCUT2D eigenvalue weighted by Gasteiger charge is 2.33. The van der Waals surface area contributed by atoms with Crippen molar-refractivity contribution >= 4 is 0 Å². The van der Waals surface area contributed by atoms with Gasteiger partial charge in [-0.05, 0) is 45.3 Å². The van der Waals surface area contributed by atoms with Crippen LogP contribution in [0, 0.1) is 5.41 Å². The highest BCUT2D eigenvalue weighted by molar-refractivity contribution is 4.89. The van der Waals surface area contributed by atoms with E-state index in [0.29, 0.717) is 5.41 Å². The van der Waals surface area contributed by atoms with E-state index in [1.54, 1.807) is 0 Å². The minimum atomic E-state index is -0.154. The Bertz CT molecular complexity index is 212. The van der Waals surface area contributed by atoms with Crippen LogP contribution in [0.2, 0.25) is 0 Å². The molecular formula is C14H30N2O. The van der Waals surface area contributed by atoms with Crippen LogP contribution < -0.4 is 5.32 Å². The summed E-state index contributed by atoms with van der Waals surface area (Å²) in [7, 11) is 1.93. The van der Waals surface area contributed by atoms with E-state index >= 15 is 0 Å². The molecule has 102 valence electrons. The van der Waals surface area contributed by atoms with Crippen molar-refractivity contribution in [1.29, 1.82) is 0 Å². The molecule has 0 aromatic heterocycles. The van der Waals surface area contributed by atoms with E-state index in [1.807, 2.05) is 7.05 Å². The zero-order valence-electron chi connectivity index (χ0n) is 12.1. The number of nitrogens with one attached hydrogen (secondary N) is 1. The quantitative estimate of drug-likeness (QED) is 0.746. The zero-order valence-corrected chi connectivity index (χ0v) is 12.1. The van der Waals surface area contributed by atoms with Crippen LogP contribution in [0.5, 0.6) is 0 Å². The summed E-state index contributed by atoms with van der Waals surface area (Å²) in [5.74, 6) is 0. The van der Waals surface area contributed by atoms with Crippen molar-refractivity contribution in [2.45, 2.75) is 52.0 Å². The van der Waals surface area contributed by atoms with Crippen LogP contribution in [-0.4, -0.2) is 48.8 Å². The summed E-state index contributed by atoms with van der Waals surface area (Å²) < 4.78 is 0. The summed E-state index contributed by atoms with van der Waals surface area (Å²) in [6.07, 6.45) is 5.23. The fourth-order valence-electron chi connectivity index (χ4n) is 2.84. The molecule has 1 unspecified atom stereocenters. The Hall–Kier alpha value is -0.120. The van der Waals surface area contributed by atoms with Crippen molar-refractivity contribution in [2.75, 3.05) is 33.3 Å². The molecule has 0 aromatic rings. The molecule has 0 radical (unpaired) electrons. The second-order valence-electron chi connectivity index (χ2n) is 5.95. The van der Waals surface area contributed by atoms with Crippen LogP contribution in [0.15, 0.2) is 0 Å². The van der Waals surface area contributed by atoms with Crippen LogP contribution in [0.3, 0.4) is 0 Å². The van der Waals surface area contributed by atoms with Gasteiger partial charge in [-0.1, -0.05) is 26.7 Å². The molecule has 1 aliphatic heterocycles. The van der Waals surface area contributed by atoms with Crippen LogP contribution in [-0.2, 0) is 0 Å². The second-order valence-corrected chi connectivity index (χ2v) is 5.95. The van der Waals surface area contributed by atoms with Crippen molar-refractivity contribution in [3.63, 3.8) is 0 Å². The molecule has 0 bridgehead atoms. The van der Waals surface area contributed by atoms with Gasteiger partial charge in [-0.25, -0.2) is 0 Å². The van der Waals surface area contributed by atoms with E-state index in [0.717, 1.165) is 6.54 Å². The number of hydrogen-bond donors (Lipinski definition) is 2. The number of piperidine rings is 1. The second kappa shape index (κ2) is 6.17. The lowest BCUT2D eigenvalue weighted by Crippen LogP contribution is -2.54. The molecule has 17 heavy (non-hydrogen) atoms. The van der Waals surface area contributed by atoms with Crippen molar-refractivity contribution in [3.8, 4) is 0 Å². The van der Waals surface area contributed by atoms with Crippen molar-refractivity contribution in [1.82, 2.24) is 10.2 Å². The monoisotopic (exact) mass is 242 g/mol. The summed E-state index contributed by atoms with van der Waals surface area (Å²) in [5, 5.41) is 12.7. The van der Waals surface area contributed by atoms with Crippen LogP contribution in [0.25, 0.3) is 0 Å². The van der Waals surface area contributed by atoms with Gasteiger partial charge in [0.1, 0.15) is 0 Å². The Balaban J connectivity index is 2.47. The van der Waals surface area contributed by atoms with Gasteiger partial charge in [-0.3, -0.25) is 0 Å². The standard InChI is InChI=1S/C14H30N2O/c1-5-14(6-2)7-9-16(10-8-14)11-13(3,12-17)15-4/h15,17H,5-12H2,1-4H3. The third kappa shape index (κ3) is 3.67. The van der Waals surface area contributed by atoms with Gasteiger partial charge >= 0.3 is 0 Å². The van der Waals surface area contributed by atoms with Gasteiger partial charge in [0.05, 0.1) is 12.1 Å². The van der Waals surface area contributed by atoms with Gasteiger partial charge in [0, 0.05) is 6.54 Å². The van der Waals surface area contributed by atoms with Crippen LogP contribution >= 0.6 is 0 Å². The highest BCUT2D eigenvalue weighted by Crippen LogP contribution is 2.38. The topological polar surface area (TPSA) is 35.5 Å². The molecule has 0 amide bonds. The number of rotatable bonds is 6. The van der Waals surface area contributed by atoms with E-state index in [4.69, 9.17) is 0 Å². The number of aliphatic hydroxyl groups is 1. The largest absolute Gasteiger partial charge is 0.394 e. The molecule has 1 atom stereocenters. The van der Waals surface area contributed by atoms with E-state index in [2.05, 4.69) is 31.0 Å². The van der Waals surface area contributed by atoms with Gasteiger partial charge < -0.3 is 15.3 Å². The molecule has 1 aliphatic rings. The third-order valence-electron chi connectivity index (χ3n) is 4.94. The lowest BCUT2D eigenvalue weighted by Gasteiger charge is -2.43. The molecule has 0 aliphatic carbocycles. The van der Waals surface area contributed by atoms with Gasteiger partial charge in [0.25, 0.3) is 0 Å². The maximum atomic E-state index is 9.42. The first-order valence-corrected chi connectivity index (χ1v) is 7.05. The SMILES string of the molecule is CCC1(CC)CCN(CC(C)(CO)NC)CC1. The molecule has 3 nitrogen and oxygen atoms in total. The Kier molecular flexibility index (Phi) is 5.42. The van der Waals surface area contributed by atoms with Crippen molar-refractivity contribution in [2.24, 2.45) is 5.41 Å². The first-order valence-electron chi connectivity index (χ1n) is 7.05. The third-order valence-corrected chi connectivity index (χ3v) is 4.94. The maximum absolute atomic E-state index is 9.42. The number of aliphatic hydroxyl groups excluding tert-OH is 1. The van der Waals surface area contributed by atoms with Crippen molar-refractivity contribution in [3.05, 3.63) is 0 Å². The number of likely N-dealkylation sites (N-methyl/N-ethyl adjacent to an activating group) is 1. The van der Waals surface area contributed by atoms with Crippen molar-refractivity contribution < 1.29 is 5.11 Å². The lowest BCUT2D eigenvalue weighted by atomic mass is 9.74. The molecule has 0 spiro atoms. The molecule has 1 rings (SSSR count). The smallest absolute Gasteiger partial charge is 0.0623 e. The van der Waals surface area contributed by atoms with E-state index in [1.165, 1.54) is 38.8 Å². The Morgan fingerprint density at radius 2 is 1.76 bits per heavy atom. The molecule has 1 heterocycles. The molecule has 1 saturated heterocycles. The minimum absolute atomic E-state index is 0.154.